The third kappa shape index (κ3) is 4.35. The maximum Gasteiger partial charge on any atom is 0.222 e. The summed E-state index contributed by atoms with van der Waals surface area (Å²) in [5.74, 6) is 1.20. The van der Waals surface area contributed by atoms with Gasteiger partial charge >= 0.3 is 0 Å². The number of hydrogen-bond acceptors (Lipinski definition) is 2. The smallest absolute Gasteiger partial charge is 0.222 e. The highest BCUT2D eigenvalue weighted by Gasteiger charge is 2.25. The second-order valence-electron chi connectivity index (χ2n) is 7.19. The predicted octanol–water partition coefficient (Wildman–Crippen LogP) is 3.86. The lowest BCUT2D eigenvalue weighted by atomic mass is 10.0. The molecule has 1 aromatic carbocycles. The Bertz CT molecular complexity index is 488. The van der Waals surface area contributed by atoms with Crippen LogP contribution in [0.15, 0.2) is 30.3 Å². The molecule has 0 N–H and O–H groups in total. The monoisotopic (exact) mass is 314 g/mol. The van der Waals surface area contributed by atoms with E-state index in [1.807, 2.05) is 0 Å². The highest BCUT2D eigenvalue weighted by molar-refractivity contribution is 5.76. The molecule has 3 rings (SSSR count). The van der Waals surface area contributed by atoms with Gasteiger partial charge in [0.05, 0.1) is 0 Å². The van der Waals surface area contributed by atoms with Crippen molar-refractivity contribution in [1.82, 2.24) is 9.80 Å². The van der Waals surface area contributed by atoms with Gasteiger partial charge in [-0.05, 0) is 24.8 Å². The van der Waals surface area contributed by atoms with E-state index in [4.69, 9.17) is 0 Å². The number of hydrogen-bond donors (Lipinski definition) is 0. The first-order valence-electron chi connectivity index (χ1n) is 9.31. The third-order valence-electron chi connectivity index (χ3n) is 5.74. The average molecular weight is 314 g/mol. The van der Waals surface area contributed by atoms with Crippen LogP contribution in [0.2, 0.25) is 0 Å². The Balaban J connectivity index is 1.43. The molecule has 2 fully saturated rings. The fourth-order valence-electron chi connectivity index (χ4n) is 4.09. The van der Waals surface area contributed by atoms with Gasteiger partial charge in [0.2, 0.25) is 5.91 Å². The van der Waals surface area contributed by atoms with Gasteiger partial charge in [-0.15, -0.1) is 0 Å². The van der Waals surface area contributed by atoms with Gasteiger partial charge in [-0.2, -0.15) is 0 Å². The van der Waals surface area contributed by atoms with E-state index in [0.29, 0.717) is 11.9 Å². The van der Waals surface area contributed by atoms with Crippen LogP contribution in [0.3, 0.4) is 0 Å². The largest absolute Gasteiger partial charge is 0.340 e. The Morgan fingerprint density at radius 3 is 2.39 bits per heavy atom. The molecular weight excluding hydrogens is 284 g/mol. The molecule has 0 radical (unpaired) electrons. The summed E-state index contributed by atoms with van der Waals surface area (Å²) in [6, 6.07) is 11.1. The van der Waals surface area contributed by atoms with Crippen molar-refractivity contribution < 1.29 is 4.79 Å². The third-order valence-corrected chi connectivity index (χ3v) is 5.74. The zero-order valence-corrected chi connectivity index (χ0v) is 14.4. The predicted molar refractivity (Wildman–Crippen MR) is 94.2 cm³/mol. The summed E-state index contributed by atoms with van der Waals surface area (Å²) in [7, 11) is 0. The van der Waals surface area contributed by atoms with Gasteiger partial charge in [0.25, 0.3) is 0 Å². The van der Waals surface area contributed by atoms with Gasteiger partial charge in [-0.25, -0.2) is 0 Å². The summed E-state index contributed by atoms with van der Waals surface area (Å²) in [6.45, 7) is 6.03. The SMILES string of the molecule is C[C@H](c1ccccc1)N1CCN(C(=O)CCC2CCCC2)CC1. The molecule has 2 aliphatic rings. The summed E-state index contributed by atoms with van der Waals surface area (Å²) < 4.78 is 0. The van der Waals surface area contributed by atoms with Crippen molar-refractivity contribution in [3.05, 3.63) is 35.9 Å². The normalized spacial score (nSPS) is 21.5. The summed E-state index contributed by atoms with van der Waals surface area (Å²) >= 11 is 0. The lowest BCUT2D eigenvalue weighted by Crippen LogP contribution is -2.49. The van der Waals surface area contributed by atoms with E-state index in [0.717, 1.165) is 44.9 Å². The van der Waals surface area contributed by atoms with Crippen molar-refractivity contribution in [1.29, 1.82) is 0 Å². The number of carbonyl (C=O) groups is 1. The number of nitrogens with zero attached hydrogens (tertiary/aromatic N) is 2. The quantitative estimate of drug-likeness (QED) is 0.824. The summed E-state index contributed by atoms with van der Waals surface area (Å²) in [4.78, 5) is 17.0. The van der Waals surface area contributed by atoms with Crippen molar-refractivity contribution in [2.45, 2.75) is 51.5 Å². The molecule has 1 atom stereocenters. The number of rotatable bonds is 5. The fourth-order valence-corrected chi connectivity index (χ4v) is 4.09. The van der Waals surface area contributed by atoms with Crippen LogP contribution in [0.25, 0.3) is 0 Å². The summed E-state index contributed by atoms with van der Waals surface area (Å²) in [6.07, 6.45) is 7.30. The van der Waals surface area contributed by atoms with Crippen LogP contribution < -0.4 is 0 Å². The number of benzene rings is 1. The summed E-state index contributed by atoms with van der Waals surface area (Å²) in [5.41, 5.74) is 1.37. The molecule has 0 unspecified atom stereocenters. The Morgan fingerprint density at radius 2 is 1.74 bits per heavy atom. The second kappa shape index (κ2) is 7.96. The van der Waals surface area contributed by atoms with Gasteiger partial charge < -0.3 is 4.90 Å². The summed E-state index contributed by atoms with van der Waals surface area (Å²) in [5, 5.41) is 0. The zero-order valence-electron chi connectivity index (χ0n) is 14.4. The van der Waals surface area contributed by atoms with E-state index < -0.39 is 0 Å². The van der Waals surface area contributed by atoms with Gasteiger partial charge in [-0.3, -0.25) is 9.69 Å². The minimum Gasteiger partial charge on any atom is -0.340 e. The first kappa shape index (κ1) is 16.5. The van der Waals surface area contributed by atoms with Crippen molar-refractivity contribution >= 4 is 5.91 Å². The molecule has 23 heavy (non-hydrogen) atoms. The minimum atomic E-state index is 0.379. The van der Waals surface area contributed by atoms with E-state index in [-0.39, 0.29) is 0 Å². The molecule has 3 nitrogen and oxygen atoms in total. The molecule has 1 saturated heterocycles. The lowest BCUT2D eigenvalue weighted by Gasteiger charge is -2.38. The van der Waals surface area contributed by atoms with E-state index in [2.05, 4.69) is 47.1 Å². The molecule has 0 aromatic heterocycles. The molecule has 3 heteroatoms. The number of amides is 1. The molecule has 1 aliphatic heterocycles. The lowest BCUT2D eigenvalue weighted by molar-refractivity contribution is -0.133. The Labute approximate surface area is 140 Å². The first-order valence-corrected chi connectivity index (χ1v) is 9.31. The van der Waals surface area contributed by atoms with E-state index in [9.17, 15) is 4.79 Å². The zero-order chi connectivity index (χ0) is 16.1. The first-order chi connectivity index (χ1) is 11.2. The molecule has 126 valence electrons. The van der Waals surface area contributed by atoms with E-state index in [1.54, 1.807) is 0 Å². The molecule has 1 heterocycles. The Morgan fingerprint density at radius 1 is 1.09 bits per heavy atom. The van der Waals surface area contributed by atoms with Crippen molar-refractivity contribution in [3.63, 3.8) is 0 Å². The molecule has 1 amide bonds. The topological polar surface area (TPSA) is 23.6 Å². The molecule has 0 bridgehead atoms. The average Bonchev–Trinajstić information content (AvgIpc) is 3.13. The van der Waals surface area contributed by atoms with Gasteiger partial charge in [-0.1, -0.05) is 56.0 Å². The van der Waals surface area contributed by atoms with Crippen molar-refractivity contribution in [2.24, 2.45) is 5.92 Å². The van der Waals surface area contributed by atoms with Crippen molar-refractivity contribution in [2.75, 3.05) is 26.2 Å². The number of piperazine rings is 1. The van der Waals surface area contributed by atoms with Crippen LogP contribution in [0.4, 0.5) is 0 Å². The minimum absolute atomic E-state index is 0.379. The maximum absolute atomic E-state index is 12.4. The number of carbonyl (C=O) groups excluding carboxylic acids is 1. The highest BCUT2D eigenvalue weighted by atomic mass is 16.2. The molecule has 1 aliphatic carbocycles. The van der Waals surface area contributed by atoms with Gasteiger partial charge in [0, 0.05) is 38.6 Å². The van der Waals surface area contributed by atoms with Crippen LogP contribution >= 0.6 is 0 Å². The highest BCUT2D eigenvalue weighted by Crippen LogP contribution is 2.29. The van der Waals surface area contributed by atoms with Crippen LogP contribution in [0.1, 0.15) is 57.1 Å². The van der Waals surface area contributed by atoms with Crippen LogP contribution in [-0.2, 0) is 4.79 Å². The van der Waals surface area contributed by atoms with E-state index >= 15 is 0 Å². The van der Waals surface area contributed by atoms with Crippen LogP contribution in [0.5, 0.6) is 0 Å². The second-order valence-corrected chi connectivity index (χ2v) is 7.19. The van der Waals surface area contributed by atoms with Gasteiger partial charge in [0.1, 0.15) is 0 Å². The van der Waals surface area contributed by atoms with Crippen molar-refractivity contribution in [3.8, 4) is 0 Å². The molecule has 1 saturated carbocycles. The molecular formula is C20H30N2O. The molecule has 0 spiro atoms. The van der Waals surface area contributed by atoms with E-state index in [1.165, 1.54) is 31.2 Å². The fraction of sp³-hybridized carbons (Fsp3) is 0.650. The standard InChI is InChI=1S/C20H30N2O/c1-17(19-9-3-2-4-10-19)21-13-15-22(16-14-21)20(23)12-11-18-7-5-6-8-18/h2-4,9-10,17-18H,5-8,11-16H2,1H3/t17-/m1/s1. The van der Waals surface area contributed by atoms with Gasteiger partial charge in [0.15, 0.2) is 0 Å². The molecule has 1 aromatic rings. The Kier molecular flexibility index (Phi) is 5.71. The van der Waals surface area contributed by atoms with Crippen LogP contribution in [0, 0.1) is 5.92 Å². The Hall–Kier alpha value is -1.35. The van der Waals surface area contributed by atoms with Crippen LogP contribution in [-0.4, -0.2) is 41.9 Å². The maximum atomic E-state index is 12.4.